The van der Waals surface area contributed by atoms with Crippen LogP contribution in [0.5, 0.6) is 5.88 Å². The van der Waals surface area contributed by atoms with Gasteiger partial charge >= 0.3 is 0 Å². The molecular formula is C15H15ClN6O. The highest BCUT2D eigenvalue weighted by molar-refractivity contribution is 6.31. The number of rotatable bonds is 4. The zero-order chi connectivity index (χ0) is 16.4. The summed E-state index contributed by atoms with van der Waals surface area (Å²) < 4.78 is 6.88. The number of nitrogens with zero attached hydrogens (tertiary/aromatic N) is 4. The van der Waals surface area contributed by atoms with Gasteiger partial charge in [-0.2, -0.15) is 10.1 Å². The predicted molar refractivity (Wildman–Crippen MR) is 89.6 cm³/mol. The summed E-state index contributed by atoms with van der Waals surface area (Å²) >= 11 is 5.92. The Kier molecular flexibility index (Phi) is 4.03. The van der Waals surface area contributed by atoms with E-state index in [1.165, 1.54) is 13.3 Å². The van der Waals surface area contributed by atoms with Gasteiger partial charge < -0.3 is 15.8 Å². The number of hydrogen-bond acceptors (Lipinski definition) is 6. The molecule has 0 aliphatic rings. The molecular weight excluding hydrogens is 316 g/mol. The molecule has 0 fully saturated rings. The molecule has 23 heavy (non-hydrogen) atoms. The van der Waals surface area contributed by atoms with Crippen LogP contribution >= 0.6 is 11.6 Å². The summed E-state index contributed by atoms with van der Waals surface area (Å²) in [6.07, 6.45) is 3.19. The smallest absolute Gasteiger partial charge is 0.237 e. The van der Waals surface area contributed by atoms with Crippen molar-refractivity contribution in [2.45, 2.75) is 6.92 Å². The first-order chi connectivity index (χ1) is 11.1. The average Bonchev–Trinajstić information content (AvgIpc) is 2.91. The van der Waals surface area contributed by atoms with Crippen molar-refractivity contribution >= 4 is 28.9 Å². The van der Waals surface area contributed by atoms with Gasteiger partial charge in [0, 0.05) is 5.69 Å². The molecule has 0 bridgehead atoms. The Morgan fingerprint density at radius 1 is 1.22 bits per heavy atom. The van der Waals surface area contributed by atoms with Gasteiger partial charge in [-0.3, -0.25) is 0 Å². The maximum absolute atomic E-state index is 5.92. The largest absolute Gasteiger partial charge is 0.480 e. The molecule has 2 aromatic heterocycles. The number of nitrogen functional groups attached to an aromatic ring is 1. The SMILES string of the molecule is COc1nc(Nc2cnn(-c3ccc(N)cc3)c2C)ncc1Cl. The molecule has 0 spiro atoms. The summed E-state index contributed by atoms with van der Waals surface area (Å²) in [6, 6.07) is 7.47. The summed E-state index contributed by atoms with van der Waals surface area (Å²) in [5, 5.41) is 7.83. The number of ether oxygens (including phenoxy) is 1. The highest BCUT2D eigenvalue weighted by Gasteiger charge is 2.11. The second-order valence-corrected chi connectivity index (χ2v) is 5.23. The van der Waals surface area contributed by atoms with Gasteiger partial charge in [0.2, 0.25) is 11.8 Å². The Morgan fingerprint density at radius 2 is 1.96 bits per heavy atom. The van der Waals surface area contributed by atoms with Gasteiger partial charge in [0.15, 0.2) is 0 Å². The van der Waals surface area contributed by atoms with Crippen molar-refractivity contribution in [3.8, 4) is 11.6 Å². The number of methoxy groups -OCH3 is 1. The standard InChI is InChI=1S/C15H15ClN6O/c1-9-13(20-15-18-7-12(16)14(21-15)23-2)8-19-22(9)11-5-3-10(17)4-6-11/h3-8H,17H2,1-2H3,(H,18,20,21). The number of benzene rings is 1. The molecule has 0 saturated carbocycles. The normalized spacial score (nSPS) is 10.6. The molecule has 0 aliphatic heterocycles. The van der Waals surface area contributed by atoms with Crippen LogP contribution in [0.1, 0.15) is 5.69 Å². The van der Waals surface area contributed by atoms with Gasteiger partial charge in [-0.25, -0.2) is 9.67 Å². The third-order valence-corrected chi connectivity index (χ3v) is 3.56. The van der Waals surface area contributed by atoms with Crippen LogP contribution in [0.25, 0.3) is 5.69 Å². The van der Waals surface area contributed by atoms with E-state index in [1.807, 2.05) is 31.2 Å². The van der Waals surface area contributed by atoms with Crippen LogP contribution in [0.15, 0.2) is 36.7 Å². The minimum Gasteiger partial charge on any atom is -0.480 e. The summed E-state index contributed by atoms with van der Waals surface area (Å²) in [4.78, 5) is 8.32. The van der Waals surface area contributed by atoms with Crippen molar-refractivity contribution in [3.05, 3.63) is 47.4 Å². The molecule has 0 atom stereocenters. The first-order valence-electron chi connectivity index (χ1n) is 6.82. The van der Waals surface area contributed by atoms with Crippen molar-refractivity contribution < 1.29 is 4.74 Å². The van der Waals surface area contributed by atoms with Gasteiger partial charge in [-0.15, -0.1) is 0 Å². The number of nitrogens with two attached hydrogens (primary N) is 1. The maximum Gasteiger partial charge on any atom is 0.237 e. The Balaban J connectivity index is 1.89. The van der Waals surface area contributed by atoms with E-state index in [0.717, 1.165) is 17.1 Å². The average molecular weight is 331 g/mol. The van der Waals surface area contributed by atoms with E-state index in [2.05, 4.69) is 20.4 Å². The van der Waals surface area contributed by atoms with E-state index >= 15 is 0 Å². The Labute approximate surface area is 138 Å². The van der Waals surface area contributed by atoms with E-state index < -0.39 is 0 Å². The number of aromatic nitrogens is 4. The monoisotopic (exact) mass is 330 g/mol. The minimum absolute atomic E-state index is 0.313. The molecule has 0 aliphatic carbocycles. The van der Waals surface area contributed by atoms with Crippen LogP contribution in [-0.2, 0) is 0 Å². The first-order valence-corrected chi connectivity index (χ1v) is 7.20. The lowest BCUT2D eigenvalue weighted by atomic mass is 10.3. The lowest BCUT2D eigenvalue weighted by Gasteiger charge is -2.08. The summed E-state index contributed by atoms with van der Waals surface area (Å²) in [5.41, 5.74) is 9.02. The molecule has 3 aromatic rings. The fourth-order valence-corrected chi connectivity index (χ4v) is 2.25. The number of anilines is 3. The van der Waals surface area contributed by atoms with E-state index in [-0.39, 0.29) is 0 Å². The highest BCUT2D eigenvalue weighted by Crippen LogP contribution is 2.25. The molecule has 0 unspecified atom stereocenters. The van der Waals surface area contributed by atoms with Crippen molar-refractivity contribution in [1.82, 2.24) is 19.7 Å². The number of nitrogens with one attached hydrogen (secondary N) is 1. The van der Waals surface area contributed by atoms with Crippen molar-refractivity contribution in [3.63, 3.8) is 0 Å². The zero-order valence-corrected chi connectivity index (χ0v) is 13.4. The second kappa shape index (κ2) is 6.13. The fraction of sp³-hybridized carbons (Fsp3) is 0.133. The molecule has 2 heterocycles. The molecule has 0 radical (unpaired) electrons. The third-order valence-electron chi connectivity index (χ3n) is 3.30. The highest BCUT2D eigenvalue weighted by atomic mass is 35.5. The lowest BCUT2D eigenvalue weighted by Crippen LogP contribution is -2.02. The molecule has 3 rings (SSSR count). The van der Waals surface area contributed by atoms with Gasteiger partial charge in [-0.05, 0) is 31.2 Å². The topological polar surface area (TPSA) is 90.9 Å². The molecule has 7 nitrogen and oxygen atoms in total. The summed E-state index contributed by atoms with van der Waals surface area (Å²) in [5.74, 6) is 0.693. The van der Waals surface area contributed by atoms with E-state index in [9.17, 15) is 0 Å². The molecule has 3 N–H and O–H groups in total. The van der Waals surface area contributed by atoms with Crippen molar-refractivity contribution in [1.29, 1.82) is 0 Å². The quantitative estimate of drug-likeness (QED) is 0.715. The van der Waals surface area contributed by atoms with Crippen LogP contribution in [0.3, 0.4) is 0 Å². The molecule has 1 aromatic carbocycles. The van der Waals surface area contributed by atoms with E-state index in [0.29, 0.717) is 22.5 Å². The minimum atomic E-state index is 0.313. The van der Waals surface area contributed by atoms with Crippen LogP contribution in [0.4, 0.5) is 17.3 Å². The molecule has 118 valence electrons. The van der Waals surface area contributed by atoms with Crippen LogP contribution in [-0.4, -0.2) is 26.9 Å². The van der Waals surface area contributed by atoms with Crippen LogP contribution in [0.2, 0.25) is 5.02 Å². The van der Waals surface area contributed by atoms with E-state index in [1.54, 1.807) is 10.9 Å². The summed E-state index contributed by atoms with van der Waals surface area (Å²) in [6.45, 7) is 1.94. The first kappa shape index (κ1) is 15.1. The third kappa shape index (κ3) is 3.04. The van der Waals surface area contributed by atoms with Crippen molar-refractivity contribution in [2.75, 3.05) is 18.2 Å². The van der Waals surface area contributed by atoms with Crippen LogP contribution in [0, 0.1) is 6.92 Å². The Bertz CT molecular complexity index is 830. The molecule has 8 heteroatoms. The van der Waals surface area contributed by atoms with Gasteiger partial charge in [0.25, 0.3) is 0 Å². The second-order valence-electron chi connectivity index (χ2n) is 4.82. The predicted octanol–water partition coefficient (Wildman–Crippen LogP) is 2.96. The van der Waals surface area contributed by atoms with Gasteiger partial charge in [-0.1, -0.05) is 11.6 Å². The Hall–Kier alpha value is -2.80. The lowest BCUT2D eigenvalue weighted by molar-refractivity contribution is 0.398. The van der Waals surface area contributed by atoms with Gasteiger partial charge in [0.05, 0.1) is 36.6 Å². The van der Waals surface area contributed by atoms with Crippen LogP contribution < -0.4 is 15.8 Å². The molecule has 0 amide bonds. The zero-order valence-electron chi connectivity index (χ0n) is 12.6. The maximum atomic E-state index is 5.92. The van der Waals surface area contributed by atoms with E-state index in [4.69, 9.17) is 22.1 Å². The van der Waals surface area contributed by atoms with Gasteiger partial charge in [0.1, 0.15) is 5.02 Å². The number of halogens is 1. The number of hydrogen-bond donors (Lipinski definition) is 2. The summed E-state index contributed by atoms with van der Waals surface area (Å²) in [7, 11) is 1.50. The molecule has 0 saturated heterocycles. The Morgan fingerprint density at radius 3 is 2.65 bits per heavy atom. The fourth-order valence-electron chi connectivity index (χ4n) is 2.08. The van der Waals surface area contributed by atoms with Crippen molar-refractivity contribution in [2.24, 2.45) is 0 Å².